The Labute approximate surface area is 253 Å². The van der Waals surface area contributed by atoms with Crippen molar-refractivity contribution < 1.29 is 18.0 Å². The minimum absolute atomic E-state index is 0.197. The summed E-state index contributed by atoms with van der Waals surface area (Å²) in [5.74, 6) is -0.576. The van der Waals surface area contributed by atoms with Gasteiger partial charge in [-0.2, -0.15) is 0 Å². The summed E-state index contributed by atoms with van der Waals surface area (Å²) < 4.78 is 29.1. The molecule has 42 heavy (non-hydrogen) atoms. The van der Waals surface area contributed by atoms with Crippen LogP contribution in [-0.2, 0) is 32.6 Å². The Balaban J connectivity index is 1.66. The van der Waals surface area contributed by atoms with E-state index in [0.717, 1.165) is 27.3 Å². The van der Waals surface area contributed by atoms with Gasteiger partial charge in [0.05, 0.1) is 17.0 Å². The average molecular weight is 609 g/mol. The van der Waals surface area contributed by atoms with Gasteiger partial charge in [0, 0.05) is 21.7 Å². The highest BCUT2D eigenvalue weighted by Gasteiger charge is 2.34. The number of hydrogen-bond donors (Lipinski definition) is 3. The Morgan fingerprint density at radius 2 is 1.69 bits per heavy atom. The van der Waals surface area contributed by atoms with Gasteiger partial charge in [0.25, 0.3) is 0 Å². The van der Waals surface area contributed by atoms with Gasteiger partial charge in [-0.1, -0.05) is 42.5 Å². The summed E-state index contributed by atoms with van der Waals surface area (Å²) in [5, 5.41) is 2.87. The molecule has 1 aliphatic heterocycles. The number of anilines is 1. The quantitative estimate of drug-likeness (QED) is 0.314. The third-order valence-electron chi connectivity index (χ3n) is 6.96. The minimum Gasteiger partial charge on any atom is -0.343 e. The maximum Gasteiger partial charge on any atom is 0.249 e. The first-order valence-electron chi connectivity index (χ1n) is 13.9. The summed E-state index contributed by atoms with van der Waals surface area (Å²) in [7, 11) is -3.75. The number of fused-ring (bicyclic) bond motifs is 1. The number of hydrogen-bond acceptors (Lipinski definition) is 6. The van der Waals surface area contributed by atoms with Crippen LogP contribution in [0.15, 0.2) is 76.5 Å². The molecule has 0 spiro atoms. The highest BCUT2D eigenvalue weighted by Crippen LogP contribution is 2.33. The molecule has 4 rings (SSSR count). The highest BCUT2D eigenvalue weighted by molar-refractivity contribution is 7.98. The summed E-state index contributed by atoms with van der Waals surface area (Å²) in [6, 6.07) is 19.8. The lowest BCUT2D eigenvalue weighted by Crippen LogP contribution is -2.56. The Hall–Kier alpha value is -3.18. The molecule has 2 amide bonds. The van der Waals surface area contributed by atoms with Crippen molar-refractivity contribution in [2.45, 2.75) is 80.9 Å². The number of nitrogens with zero attached hydrogens (tertiary/aromatic N) is 1. The summed E-state index contributed by atoms with van der Waals surface area (Å²) >= 11 is 1.64. The first-order chi connectivity index (χ1) is 19.6. The van der Waals surface area contributed by atoms with Crippen LogP contribution in [0.5, 0.6) is 0 Å². The Morgan fingerprint density at radius 1 is 1.02 bits per heavy atom. The number of carbonyl (C=O) groups is 2. The predicted molar refractivity (Wildman–Crippen MR) is 170 cm³/mol. The SMILES string of the molecule is CSc1ccc2c(c1)CC[C@@H](NC(=O)C(C)(C)N)C(=O)N2Cc1ccc(-c2ccccc2S(=O)(=O)NC(C)(C)C)cc1. The second-order valence-electron chi connectivity index (χ2n) is 12.3. The molecule has 3 aromatic carbocycles. The molecule has 0 fully saturated rings. The van der Waals surface area contributed by atoms with Crippen molar-refractivity contribution >= 4 is 39.3 Å². The number of benzene rings is 3. The van der Waals surface area contributed by atoms with Gasteiger partial charge in [-0.25, -0.2) is 13.1 Å². The minimum atomic E-state index is -3.75. The number of amides is 2. The fraction of sp³-hybridized carbons (Fsp3) is 0.375. The van der Waals surface area contributed by atoms with E-state index in [9.17, 15) is 18.0 Å². The van der Waals surface area contributed by atoms with Gasteiger partial charge in [0.1, 0.15) is 6.04 Å². The van der Waals surface area contributed by atoms with Crippen LogP contribution in [0.1, 0.15) is 52.2 Å². The van der Waals surface area contributed by atoms with Crippen LogP contribution < -0.4 is 20.7 Å². The van der Waals surface area contributed by atoms with Gasteiger partial charge in [0.2, 0.25) is 21.8 Å². The van der Waals surface area contributed by atoms with Crippen LogP contribution in [-0.4, -0.2) is 43.6 Å². The van der Waals surface area contributed by atoms with E-state index in [0.29, 0.717) is 18.4 Å². The third-order valence-corrected chi connectivity index (χ3v) is 9.50. The fourth-order valence-electron chi connectivity index (χ4n) is 4.89. The van der Waals surface area contributed by atoms with Gasteiger partial charge in [-0.3, -0.25) is 9.59 Å². The van der Waals surface area contributed by atoms with E-state index in [1.54, 1.807) is 69.5 Å². The molecular formula is C32H40N4O4S2. The molecule has 224 valence electrons. The van der Waals surface area contributed by atoms with E-state index in [1.165, 1.54) is 0 Å². The van der Waals surface area contributed by atoms with E-state index >= 15 is 0 Å². The van der Waals surface area contributed by atoms with E-state index in [2.05, 4.69) is 16.1 Å². The maximum atomic E-state index is 13.9. The molecule has 0 unspecified atom stereocenters. The van der Waals surface area contributed by atoms with Gasteiger partial charge in [0.15, 0.2) is 0 Å². The van der Waals surface area contributed by atoms with Crippen molar-refractivity contribution in [1.82, 2.24) is 10.0 Å². The molecule has 1 aliphatic rings. The van der Waals surface area contributed by atoms with E-state index < -0.39 is 27.1 Å². The van der Waals surface area contributed by atoms with Crippen LogP contribution >= 0.6 is 11.8 Å². The monoisotopic (exact) mass is 608 g/mol. The number of rotatable bonds is 8. The van der Waals surface area contributed by atoms with Crippen LogP contribution in [0.2, 0.25) is 0 Å². The van der Waals surface area contributed by atoms with Crippen molar-refractivity contribution in [2.75, 3.05) is 11.2 Å². The maximum absolute atomic E-state index is 13.9. The Bertz CT molecular complexity index is 1570. The van der Waals surface area contributed by atoms with Crippen molar-refractivity contribution in [3.05, 3.63) is 77.9 Å². The van der Waals surface area contributed by atoms with Gasteiger partial charge >= 0.3 is 0 Å². The molecule has 3 aromatic rings. The van der Waals surface area contributed by atoms with Gasteiger partial charge in [-0.05, 0) is 94.7 Å². The fourth-order valence-corrected chi connectivity index (χ4v) is 7.01. The number of carbonyl (C=O) groups excluding carboxylic acids is 2. The van der Waals surface area contributed by atoms with Crippen LogP contribution in [0.4, 0.5) is 5.69 Å². The molecular weight excluding hydrogens is 569 g/mol. The Kier molecular flexibility index (Phi) is 9.22. The molecule has 0 saturated carbocycles. The Morgan fingerprint density at radius 3 is 2.31 bits per heavy atom. The number of thioether (sulfide) groups is 1. The van der Waals surface area contributed by atoms with Crippen molar-refractivity contribution in [3.8, 4) is 11.1 Å². The van der Waals surface area contributed by atoms with Crippen LogP contribution in [0.25, 0.3) is 11.1 Å². The smallest absolute Gasteiger partial charge is 0.249 e. The number of nitrogens with one attached hydrogen (secondary N) is 2. The van der Waals surface area contributed by atoms with E-state index in [1.807, 2.05) is 48.7 Å². The van der Waals surface area contributed by atoms with Gasteiger partial charge < -0.3 is 16.0 Å². The zero-order chi connectivity index (χ0) is 30.9. The number of nitrogens with two attached hydrogens (primary N) is 1. The zero-order valence-electron chi connectivity index (χ0n) is 25.0. The molecule has 10 heteroatoms. The van der Waals surface area contributed by atoms with E-state index in [4.69, 9.17) is 5.73 Å². The molecule has 8 nitrogen and oxygen atoms in total. The molecule has 4 N–H and O–H groups in total. The normalized spacial score (nSPS) is 16.1. The zero-order valence-corrected chi connectivity index (χ0v) is 26.7. The molecule has 0 radical (unpaired) electrons. The van der Waals surface area contributed by atoms with Crippen molar-refractivity contribution in [1.29, 1.82) is 0 Å². The second-order valence-corrected chi connectivity index (χ2v) is 14.8. The highest BCUT2D eigenvalue weighted by atomic mass is 32.2. The average Bonchev–Trinajstić information content (AvgIpc) is 3.03. The van der Waals surface area contributed by atoms with Crippen LogP contribution in [0.3, 0.4) is 0 Å². The summed E-state index contributed by atoms with van der Waals surface area (Å²) in [6.45, 7) is 8.93. The van der Waals surface area contributed by atoms with Gasteiger partial charge in [-0.15, -0.1) is 11.8 Å². The summed E-state index contributed by atoms with van der Waals surface area (Å²) in [6.07, 6.45) is 3.11. The second kappa shape index (κ2) is 12.2. The molecule has 0 aromatic heterocycles. The lowest BCUT2D eigenvalue weighted by molar-refractivity contribution is -0.130. The first kappa shape index (κ1) is 31.7. The van der Waals surface area contributed by atoms with E-state index in [-0.39, 0.29) is 23.3 Å². The standard InChI is InChI=1S/C32H40N4O4S2/c1-31(2,3)35-42(39,40)28-10-8-7-9-25(28)22-13-11-21(12-14-22)20-36-27-18-16-24(41-6)19-23(27)15-17-26(29(36)37)34-30(38)32(4,5)33/h7-14,16,18-19,26,35H,15,17,20,33H2,1-6H3,(H,34,38)/t26-/m1/s1. The molecule has 1 heterocycles. The largest absolute Gasteiger partial charge is 0.343 e. The lowest BCUT2D eigenvalue weighted by Gasteiger charge is -2.28. The third kappa shape index (κ3) is 7.42. The molecule has 0 aliphatic carbocycles. The molecule has 0 saturated heterocycles. The lowest BCUT2D eigenvalue weighted by atomic mass is 10.0. The van der Waals surface area contributed by atoms with Crippen molar-refractivity contribution in [2.24, 2.45) is 5.73 Å². The van der Waals surface area contributed by atoms with Crippen LogP contribution in [0, 0.1) is 0 Å². The predicted octanol–water partition coefficient (Wildman–Crippen LogP) is 4.85. The summed E-state index contributed by atoms with van der Waals surface area (Å²) in [5.41, 5.74) is 8.33. The topological polar surface area (TPSA) is 122 Å². The summed E-state index contributed by atoms with van der Waals surface area (Å²) in [4.78, 5) is 29.6. The molecule has 0 bridgehead atoms. The number of sulfonamides is 1. The molecule has 1 atom stereocenters. The van der Waals surface area contributed by atoms with Crippen molar-refractivity contribution in [3.63, 3.8) is 0 Å². The number of aryl methyl sites for hydroxylation is 1. The first-order valence-corrected chi connectivity index (χ1v) is 16.6.